The van der Waals surface area contributed by atoms with Crippen molar-refractivity contribution in [2.45, 2.75) is 6.42 Å². The molecule has 0 unspecified atom stereocenters. The van der Waals surface area contributed by atoms with E-state index in [9.17, 15) is 4.79 Å². The monoisotopic (exact) mass is 454 g/mol. The summed E-state index contributed by atoms with van der Waals surface area (Å²) in [5, 5.41) is 3.43. The topological polar surface area (TPSA) is 92.7 Å². The second-order valence-electron chi connectivity index (χ2n) is 7.19. The fraction of sp³-hybridized carbons (Fsp3) is 0.273. The number of benzene rings is 1. The highest BCUT2D eigenvalue weighted by Gasteiger charge is 2.26. The number of methoxy groups -OCH3 is 2. The number of hydrogen-bond acceptors (Lipinski definition) is 7. The normalized spacial score (nSPS) is 13.2. The van der Waals surface area contributed by atoms with Crippen molar-refractivity contribution < 1.29 is 14.3 Å². The van der Waals surface area contributed by atoms with Gasteiger partial charge in [-0.05, 0) is 30.7 Å². The van der Waals surface area contributed by atoms with Crippen molar-refractivity contribution in [3.63, 3.8) is 0 Å². The number of anilines is 3. The van der Waals surface area contributed by atoms with Crippen molar-refractivity contribution in [2.75, 3.05) is 49.5 Å². The number of aromatic nitrogens is 3. The smallest absolute Gasteiger partial charge is 0.328 e. The molecular weight excluding hydrogens is 432 g/mol. The minimum atomic E-state index is -0.361. The minimum Gasteiger partial charge on any atom is -0.481 e. The number of rotatable bonds is 4. The number of hydrogen-bond donors (Lipinski definition) is 1. The Hall–Kier alpha value is -3.59. The van der Waals surface area contributed by atoms with Gasteiger partial charge < -0.3 is 14.4 Å². The van der Waals surface area contributed by atoms with Crippen LogP contribution in [-0.4, -0.2) is 55.3 Å². The fourth-order valence-electron chi connectivity index (χ4n) is 3.48. The number of halogens is 1. The molecule has 0 atom stereocenters. The summed E-state index contributed by atoms with van der Waals surface area (Å²) in [6, 6.07) is 12.6. The Morgan fingerprint density at radius 3 is 2.66 bits per heavy atom. The lowest BCUT2D eigenvalue weighted by Gasteiger charge is -2.24. The molecule has 0 spiro atoms. The SMILES string of the molecule is COc1cc(NC(=O)N2CCCN(C)c3ccc(-c4cccc(Cl)c4)nc32)nc(OC)n1. The predicted octanol–water partition coefficient (Wildman–Crippen LogP) is 4.09. The molecular formula is C22H23ClN6O3. The second kappa shape index (κ2) is 9.27. The summed E-state index contributed by atoms with van der Waals surface area (Å²) in [5.74, 6) is 1.11. The second-order valence-corrected chi connectivity index (χ2v) is 7.63. The van der Waals surface area contributed by atoms with E-state index in [0.717, 1.165) is 29.9 Å². The third-order valence-corrected chi connectivity index (χ3v) is 5.31. The van der Waals surface area contributed by atoms with Crippen LogP contribution < -0.4 is 24.6 Å². The standard InChI is InChI=1S/C22H23ClN6O3/c1-28-10-5-11-29(22(30)26-18-13-19(31-2)27-21(25-18)32-3)20-17(28)9-8-16(24-20)14-6-4-7-15(23)12-14/h4,6-9,12-13H,5,10-11H2,1-3H3,(H,25,26,27,30). The van der Waals surface area contributed by atoms with E-state index in [0.29, 0.717) is 17.4 Å². The van der Waals surface area contributed by atoms with E-state index in [1.807, 2.05) is 43.4 Å². The number of nitrogens with zero attached hydrogens (tertiary/aromatic N) is 5. The molecule has 1 N–H and O–H groups in total. The van der Waals surface area contributed by atoms with Crippen molar-refractivity contribution in [1.29, 1.82) is 0 Å². The Labute approximate surface area is 191 Å². The molecule has 3 heterocycles. The van der Waals surface area contributed by atoms with E-state index in [1.165, 1.54) is 20.3 Å². The van der Waals surface area contributed by atoms with Crippen molar-refractivity contribution >= 4 is 35.0 Å². The van der Waals surface area contributed by atoms with E-state index in [-0.39, 0.29) is 23.7 Å². The summed E-state index contributed by atoms with van der Waals surface area (Å²) < 4.78 is 10.3. The summed E-state index contributed by atoms with van der Waals surface area (Å²) in [7, 11) is 4.92. The molecule has 2 amide bonds. The van der Waals surface area contributed by atoms with E-state index in [1.54, 1.807) is 4.90 Å². The highest BCUT2D eigenvalue weighted by Crippen LogP contribution is 2.33. The van der Waals surface area contributed by atoms with Crippen molar-refractivity contribution in [3.05, 3.63) is 47.5 Å². The Balaban J connectivity index is 1.70. The number of carbonyl (C=O) groups is 1. The molecule has 0 bridgehead atoms. The maximum absolute atomic E-state index is 13.3. The predicted molar refractivity (Wildman–Crippen MR) is 124 cm³/mol. The lowest BCUT2D eigenvalue weighted by Crippen LogP contribution is -2.36. The van der Waals surface area contributed by atoms with Crippen LogP contribution in [0.1, 0.15) is 6.42 Å². The summed E-state index contributed by atoms with van der Waals surface area (Å²) in [6.07, 6.45) is 0.781. The highest BCUT2D eigenvalue weighted by atomic mass is 35.5. The molecule has 1 aromatic carbocycles. The molecule has 0 fully saturated rings. The fourth-order valence-corrected chi connectivity index (χ4v) is 3.67. The molecule has 0 saturated carbocycles. The molecule has 0 aliphatic carbocycles. The van der Waals surface area contributed by atoms with Gasteiger partial charge in [0, 0.05) is 36.8 Å². The zero-order chi connectivity index (χ0) is 22.7. The summed E-state index contributed by atoms with van der Waals surface area (Å²) in [5.41, 5.74) is 2.46. The first kappa shape index (κ1) is 21.6. The maximum atomic E-state index is 13.3. The van der Waals surface area contributed by atoms with Gasteiger partial charge in [0.1, 0.15) is 5.82 Å². The maximum Gasteiger partial charge on any atom is 0.328 e. The molecule has 3 aromatic rings. The van der Waals surface area contributed by atoms with Crippen LogP contribution in [0.25, 0.3) is 11.3 Å². The zero-order valence-electron chi connectivity index (χ0n) is 18.0. The highest BCUT2D eigenvalue weighted by molar-refractivity contribution is 6.30. The van der Waals surface area contributed by atoms with Crippen LogP contribution >= 0.6 is 11.6 Å². The average Bonchev–Trinajstić information content (AvgIpc) is 2.97. The molecule has 2 aromatic heterocycles. The van der Waals surface area contributed by atoms with Gasteiger partial charge in [-0.3, -0.25) is 10.2 Å². The third-order valence-electron chi connectivity index (χ3n) is 5.07. The van der Waals surface area contributed by atoms with E-state index >= 15 is 0 Å². The van der Waals surface area contributed by atoms with Gasteiger partial charge in [-0.2, -0.15) is 9.97 Å². The number of carbonyl (C=O) groups excluding carboxylic acids is 1. The van der Waals surface area contributed by atoms with Crippen LogP contribution in [0.2, 0.25) is 5.02 Å². The van der Waals surface area contributed by atoms with Crippen LogP contribution in [0.15, 0.2) is 42.5 Å². The molecule has 0 radical (unpaired) electrons. The van der Waals surface area contributed by atoms with E-state index < -0.39 is 0 Å². The van der Waals surface area contributed by atoms with Gasteiger partial charge >= 0.3 is 12.0 Å². The molecule has 32 heavy (non-hydrogen) atoms. The van der Waals surface area contributed by atoms with Crippen molar-refractivity contribution in [3.8, 4) is 23.1 Å². The molecule has 10 heteroatoms. The van der Waals surface area contributed by atoms with Gasteiger partial charge in [-0.1, -0.05) is 23.7 Å². The molecule has 9 nitrogen and oxygen atoms in total. The summed E-state index contributed by atoms with van der Waals surface area (Å²) >= 11 is 6.16. The minimum absolute atomic E-state index is 0.0945. The van der Waals surface area contributed by atoms with Crippen LogP contribution in [-0.2, 0) is 0 Å². The molecule has 1 aliphatic rings. The van der Waals surface area contributed by atoms with Crippen LogP contribution in [0.3, 0.4) is 0 Å². The van der Waals surface area contributed by atoms with Crippen LogP contribution in [0.5, 0.6) is 11.9 Å². The lowest BCUT2D eigenvalue weighted by atomic mass is 10.1. The van der Waals surface area contributed by atoms with Gasteiger partial charge in [0.2, 0.25) is 5.88 Å². The number of pyridine rings is 1. The van der Waals surface area contributed by atoms with Gasteiger partial charge in [0.15, 0.2) is 5.82 Å². The number of amides is 2. The van der Waals surface area contributed by atoms with Gasteiger partial charge in [0.25, 0.3) is 0 Å². The number of nitrogens with one attached hydrogen (secondary N) is 1. The van der Waals surface area contributed by atoms with Gasteiger partial charge in [0.05, 0.1) is 25.6 Å². The van der Waals surface area contributed by atoms with Gasteiger partial charge in [-0.25, -0.2) is 9.78 Å². The Morgan fingerprint density at radius 1 is 1.06 bits per heavy atom. The summed E-state index contributed by atoms with van der Waals surface area (Å²) in [6.45, 7) is 1.29. The van der Waals surface area contributed by atoms with Crippen LogP contribution in [0, 0.1) is 0 Å². The zero-order valence-corrected chi connectivity index (χ0v) is 18.8. The number of urea groups is 1. The Morgan fingerprint density at radius 2 is 1.91 bits per heavy atom. The molecule has 166 valence electrons. The van der Waals surface area contributed by atoms with E-state index in [2.05, 4.69) is 20.2 Å². The quantitative estimate of drug-likeness (QED) is 0.634. The van der Waals surface area contributed by atoms with Crippen LogP contribution in [0.4, 0.5) is 22.1 Å². The van der Waals surface area contributed by atoms with Crippen molar-refractivity contribution in [1.82, 2.24) is 15.0 Å². The Bertz CT molecular complexity index is 1120. The third kappa shape index (κ3) is 4.52. The van der Waals surface area contributed by atoms with Crippen molar-refractivity contribution in [2.24, 2.45) is 0 Å². The largest absolute Gasteiger partial charge is 0.481 e. The van der Waals surface area contributed by atoms with Gasteiger partial charge in [-0.15, -0.1) is 0 Å². The van der Waals surface area contributed by atoms with E-state index in [4.69, 9.17) is 26.1 Å². The summed E-state index contributed by atoms with van der Waals surface area (Å²) in [4.78, 5) is 30.1. The lowest BCUT2D eigenvalue weighted by molar-refractivity contribution is 0.256. The number of ether oxygens (including phenoxy) is 2. The Kier molecular flexibility index (Phi) is 6.27. The number of fused-ring (bicyclic) bond motifs is 1. The first-order valence-electron chi connectivity index (χ1n) is 10.0. The first-order chi connectivity index (χ1) is 15.5. The average molecular weight is 455 g/mol. The molecule has 1 aliphatic heterocycles. The molecule has 4 rings (SSSR count). The first-order valence-corrected chi connectivity index (χ1v) is 10.4. The molecule has 0 saturated heterocycles.